The van der Waals surface area contributed by atoms with Crippen molar-refractivity contribution >= 4 is 5.69 Å². The van der Waals surface area contributed by atoms with Crippen molar-refractivity contribution in [3.8, 4) is 5.75 Å². The molecule has 0 spiro atoms. The van der Waals surface area contributed by atoms with E-state index < -0.39 is 0 Å². The van der Waals surface area contributed by atoms with Gasteiger partial charge in [-0.2, -0.15) is 0 Å². The molecule has 97 valence electrons. The molecule has 0 amide bonds. The van der Waals surface area contributed by atoms with Gasteiger partial charge in [0.05, 0.1) is 12.0 Å². The normalized spacial score (nSPS) is 10.2. The number of methoxy groups -OCH3 is 1. The summed E-state index contributed by atoms with van der Waals surface area (Å²) in [7, 11) is 1.62. The van der Waals surface area contributed by atoms with Crippen LogP contribution >= 0.6 is 0 Å². The first kappa shape index (κ1) is 13.1. The quantitative estimate of drug-likeness (QED) is 0.608. The van der Waals surface area contributed by atoms with Crippen LogP contribution in [0.25, 0.3) is 0 Å². The maximum absolute atomic E-state index is 10.9. The molecule has 0 aliphatic heterocycles. The summed E-state index contributed by atoms with van der Waals surface area (Å²) in [5.41, 5.74) is 1.88. The van der Waals surface area contributed by atoms with Crippen LogP contribution in [0.3, 0.4) is 0 Å². The molecule has 0 unspecified atom stereocenters. The Kier molecular flexibility index (Phi) is 4.13. The first-order valence-corrected chi connectivity index (χ1v) is 5.90. The summed E-state index contributed by atoms with van der Waals surface area (Å²) in [6.45, 7) is 0. The number of nitro groups is 1. The molecule has 0 atom stereocenters. The van der Waals surface area contributed by atoms with E-state index in [4.69, 9.17) is 4.74 Å². The number of hydrogen-bond acceptors (Lipinski definition) is 3. The molecular weight excluding hydrogens is 242 g/mol. The molecule has 2 aromatic carbocycles. The minimum Gasteiger partial charge on any atom is -0.497 e. The summed E-state index contributed by atoms with van der Waals surface area (Å²) in [6, 6.07) is 14.4. The van der Waals surface area contributed by atoms with E-state index in [1.807, 2.05) is 36.8 Å². The van der Waals surface area contributed by atoms with E-state index in [9.17, 15) is 10.1 Å². The molecular formula is C15H14NO3. The van der Waals surface area contributed by atoms with Gasteiger partial charge in [0.25, 0.3) is 5.69 Å². The monoisotopic (exact) mass is 256 g/mol. The van der Waals surface area contributed by atoms with Crippen LogP contribution in [0.15, 0.2) is 48.5 Å². The van der Waals surface area contributed by atoms with Crippen LogP contribution in [0.1, 0.15) is 11.1 Å². The van der Waals surface area contributed by atoms with Gasteiger partial charge in [-0.1, -0.05) is 30.3 Å². The third kappa shape index (κ3) is 3.31. The van der Waals surface area contributed by atoms with Crippen molar-refractivity contribution in [2.75, 3.05) is 7.11 Å². The smallest absolute Gasteiger partial charge is 0.272 e. The number of para-hydroxylation sites is 1. The van der Waals surface area contributed by atoms with Crippen LogP contribution in [0.4, 0.5) is 5.69 Å². The van der Waals surface area contributed by atoms with Gasteiger partial charge in [0.15, 0.2) is 0 Å². The van der Waals surface area contributed by atoms with Crippen molar-refractivity contribution in [1.82, 2.24) is 0 Å². The summed E-state index contributed by atoms with van der Waals surface area (Å²) < 4.78 is 5.08. The number of nitro benzene ring substituents is 1. The van der Waals surface area contributed by atoms with Crippen LogP contribution < -0.4 is 4.74 Å². The standard InChI is InChI=1S/C15H14NO3/c1-19-14-10-7-12(8-11-14)6-9-13-4-2-3-5-15(13)16(17)18/h2-8,10-11H,9H2,1H3. The molecule has 0 aliphatic carbocycles. The Balaban J connectivity index is 2.07. The van der Waals surface area contributed by atoms with Gasteiger partial charge in [-0.25, -0.2) is 0 Å². The largest absolute Gasteiger partial charge is 0.497 e. The fourth-order valence-corrected chi connectivity index (χ4v) is 1.83. The van der Waals surface area contributed by atoms with Crippen LogP contribution in [0.2, 0.25) is 0 Å². The van der Waals surface area contributed by atoms with E-state index in [0.717, 1.165) is 11.3 Å². The Morgan fingerprint density at radius 3 is 2.47 bits per heavy atom. The molecule has 0 aromatic heterocycles. The Labute approximate surface area is 111 Å². The van der Waals surface area contributed by atoms with Crippen molar-refractivity contribution in [2.45, 2.75) is 6.42 Å². The zero-order valence-electron chi connectivity index (χ0n) is 10.6. The number of rotatable bonds is 5. The average Bonchev–Trinajstić information content (AvgIpc) is 2.46. The van der Waals surface area contributed by atoms with Crippen LogP contribution in [0, 0.1) is 16.5 Å². The molecule has 0 aliphatic rings. The number of hydrogen-bond donors (Lipinski definition) is 0. The average molecular weight is 256 g/mol. The molecule has 0 bridgehead atoms. The number of nitrogens with zero attached hydrogens (tertiary/aromatic N) is 1. The fraction of sp³-hybridized carbons (Fsp3) is 0.133. The lowest BCUT2D eigenvalue weighted by atomic mass is 10.0. The lowest BCUT2D eigenvalue weighted by molar-refractivity contribution is -0.385. The van der Waals surface area contributed by atoms with E-state index in [1.165, 1.54) is 6.07 Å². The third-order valence-electron chi connectivity index (χ3n) is 2.86. The maximum atomic E-state index is 10.9. The van der Waals surface area contributed by atoms with Gasteiger partial charge in [-0.05, 0) is 30.5 Å². The molecule has 0 heterocycles. The SMILES string of the molecule is COc1ccc([CH]Cc2ccccc2[N+](=O)[O-])cc1. The lowest BCUT2D eigenvalue weighted by Crippen LogP contribution is -1.96. The van der Waals surface area contributed by atoms with Crippen molar-refractivity contribution in [2.24, 2.45) is 0 Å². The second-order valence-corrected chi connectivity index (χ2v) is 4.07. The predicted molar refractivity (Wildman–Crippen MR) is 73.2 cm³/mol. The van der Waals surface area contributed by atoms with Gasteiger partial charge in [0.1, 0.15) is 5.75 Å². The zero-order chi connectivity index (χ0) is 13.7. The minimum atomic E-state index is -0.350. The van der Waals surface area contributed by atoms with Crippen molar-refractivity contribution in [3.63, 3.8) is 0 Å². The van der Waals surface area contributed by atoms with Crippen LogP contribution in [-0.4, -0.2) is 12.0 Å². The first-order chi connectivity index (χ1) is 9.20. The molecule has 2 rings (SSSR count). The summed E-state index contributed by atoms with van der Waals surface area (Å²) in [4.78, 5) is 10.5. The Hall–Kier alpha value is -2.36. The molecule has 19 heavy (non-hydrogen) atoms. The molecule has 1 radical (unpaired) electrons. The highest BCUT2D eigenvalue weighted by atomic mass is 16.6. The minimum absolute atomic E-state index is 0.160. The van der Waals surface area contributed by atoms with Crippen LogP contribution in [-0.2, 0) is 6.42 Å². The van der Waals surface area contributed by atoms with Crippen molar-refractivity contribution in [3.05, 3.63) is 76.2 Å². The van der Waals surface area contributed by atoms with Gasteiger partial charge in [0.2, 0.25) is 0 Å². The maximum Gasteiger partial charge on any atom is 0.272 e. The number of ether oxygens (including phenoxy) is 1. The predicted octanol–water partition coefficient (Wildman–Crippen LogP) is 3.40. The third-order valence-corrected chi connectivity index (χ3v) is 2.86. The Morgan fingerprint density at radius 1 is 1.16 bits per heavy atom. The number of benzene rings is 2. The van der Waals surface area contributed by atoms with Gasteiger partial charge in [-0.3, -0.25) is 10.1 Å². The Bertz CT molecular complexity index is 564. The Morgan fingerprint density at radius 2 is 1.84 bits per heavy atom. The second-order valence-electron chi connectivity index (χ2n) is 4.07. The highest BCUT2D eigenvalue weighted by Crippen LogP contribution is 2.21. The second kappa shape index (κ2) is 6.00. The van der Waals surface area contributed by atoms with Crippen LogP contribution in [0.5, 0.6) is 5.75 Å². The van der Waals surface area contributed by atoms with E-state index in [2.05, 4.69) is 0 Å². The highest BCUT2D eigenvalue weighted by molar-refractivity contribution is 5.42. The summed E-state index contributed by atoms with van der Waals surface area (Å²) in [5.74, 6) is 0.794. The lowest BCUT2D eigenvalue weighted by Gasteiger charge is -2.04. The van der Waals surface area contributed by atoms with Crippen molar-refractivity contribution in [1.29, 1.82) is 0 Å². The zero-order valence-corrected chi connectivity index (χ0v) is 10.6. The van der Waals surface area contributed by atoms with Gasteiger partial charge in [0, 0.05) is 11.6 Å². The molecule has 0 saturated heterocycles. The van der Waals surface area contributed by atoms with E-state index >= 15 is 0 Å². The van der Waals surface area contributed by atoms with Gasteiger partial charge in [-0.15, -0.1) is 0 Å². The molecule has 0 N–H and O–H groups in total. The molecule has 0 fully saturated rings. The topological polar surface area (TPSA) is 52.4 Å². The fourth-order valence-electron chi connectivity index (χ4n) is 1.83. The summed E-state index contributed by atoms with van der Waals surface area (Å²) in [6.07, 6.45) is 2.49. The molecule has 0 saturated carbocycles. The highest BCUT2D eigenvalue weighted by Gasteiger charge is 2.11. The first-order valence-electron chi connectivity index (χ1n) is 5.90. The van der Waals surface area contributed by atoms with Crippen molar-refractivity contribution < 1.29 is 9.66 Å². The van der Waals surface area contributed by atoms with E-state index in [0.29, 0.717) is 12.0 Å². The molecule has 4 heteroatoms. The molecule has 2 aromatic rings. The van der Waals surface area contributed by atoms with Gasteiger partial charge >= 0.3 is 0 Å². The van der Waals surface area contributed by atoms with E-state index in [-0.39, 0.29) is 10.6 Å². The van der Waals surface area contributed by atoms with Gasteiger partial charge < -0.3 is 4.74 Å². The van der Waals surface area contributed by atoms with E-state index in [1.54, 1.807) is 19.2 Å². The summed E-state index contributed by atoms with van der Waals surface area (Å²) >= 11 is 0. The molecule has 4 nitrogen and oxygen atoms in total. The summed E-state index contributed by atoms with van der Waals surface area (Å²) in [5, 5.41) is 10.9.